The number of hydrogen-bond donors (Lipinski definition) is 1. The van der Waals surface area contributed by atoms with Gasteiger partial charge in [0.25, 0.3) is 0 Å². The predicted octanol–water partition coefficient (Wildman–Crippen LogP) is 6.98. The second-order valence-corrected chi connectivity index (χ2v) is 12.0. The molecule has 236 valence electrons. The van der Waals surface area contributed by atoms with E-state index < -0.39 is 41.8 Å². The van der Waals surface area contributed by atoms with Crippen LogP contribution in [-0.4, -0.2) is 47.9 Å². The molecule has 1 atom stereocenters. The fourth-order valence-corrected chi connectivity index (χ4v) is 6.71. The van der Waals surface area contributed by atoms with E-state index in [2.05, 4.69) is 27.3 Å². The van der Waals surface area contributed by atoms with Gasteiger partial charge in [-0.3, -0.25) is 14.5 Å². The standard InChI is InChI=1S/C31H32F6N4O2S/c32-30(33,34)23-15-20(16-24(17-23)31(35,36)37)18-38-28(43)25(26-19-44-29(39-26)41-11-4-7-27(41)42)10-14-40-12-8-22(9-13-40)21-5-2-1-3-6-21/h1-3,5-6,15-17,19,22,25H,4,7-14,18H2,(H,38,43). The molecule has 0 saturated carbocycles. The average Bonchev–Trinajstić information content (AvgIpc) is 3.65. The SMILES string of the molecule is O=C(NCc1cc(C(F)(F)F)cc(C(F)(F)F)c1)C(CCN1CCC(c2ccccc2)CC1)c1csc(N2CCCC2=O)n1. The number of piperidine rings is 1. The molecule has 1 aromatic heterocycles. The number of nitrogens with one attached hydrogen (secondary N) is 1. The van der Waals surface area contributed by atoms with Gasteiger partial charge in [-0.25, -0.2) is 4.98 Å². The molecule has 13 heteroatoms. The normalized spacial score (nSPS) is 17.7. The molecular weight excluding hydrogens is 606 g/mol. The summed E-state index contributed by atoms with van der Waals surface area (Å²) in [5.41, 5.74) is -1.48. The molecule has 2 aliphatic heterocycles. The second kappa shape index (κ2) is 13.3. The molecule has 2 saturated heterocycles. The van der Waals surface area contributed by atoms with E-state index in [1.807, 2.05) is 18.2 Å². The van der Waals surface area contributed by atoms with Crippen molar-refractivity contribution in [2.24, 2.45) is 0 Å². The number of likely N-dealkylation sites (tertiary alicyclic amines) is 1. The maximum atomic E-state index is 13.5. The molecule has 0 spiro atoms. The summed E-state index contributed by atoms with van der Waals surface area (Å²) in [6.07, 6.45) is -6.61. The Morgan fingerprint density at radius 3 is 2.23 bits per heavy atom. The van der Waals surface area contributed by atoms with Crippen molar-refractivity contribution >= 4 is 28.3 Å². The first-order valence-electron chi connectivity index (χ1n) is 14.5. The van der Waals surface area contributed by atoms with Crippen LogP contribution in [0.2, 0.25) is 0 Å². The van der Waals surface area contributed by atoms with Crippen LogP contribution in [0.3, 0.4) is 0 Å². The summed E-state index contributed by atoms with van der Waals surface area (Å²) in [6, 6.07) is 11.5. The number of rotatable bonds is 9. The molecule has 2 aliphatic rings. The Labute approximate surface area is 255 Å². The molecule has 2 amide bonds. The maximum Gasteiger partial charge on any atom is 0.416 e. The molecule has 6 nitrogen and oxygen atoms in total. The van der Waals surface area contributed by atoms with E-state index in [-0.39, 0.29) is 17.5 Å². The minimum absolute atomic E-state index is 0.0572. The highest BCUT2D eigenvalue weighted by Crippen LogP contribution is 2.37. The largest absolute Gasteiger partial charge is 0.416 e. The van der Waals surface area contributed by atoms with Crippen molar-refractivity contribution in [3.8, 4) is 0 Å². The van der Waals surface area contributed by atoms with Gasteiger partial charge in [0, 0.05) is 24.9 Å². The summed E-state index contributed by atoms with van der Waals surface area (Å²) < 4.78 is 80.1. The fraction of sp³-hybridized carbons (Fsp3) is 0.452. The number of hydrogen-bond acceptors (Lipinski definition) is 5. The van der Waals surface area contributed by atoms with Crippen LogP contribution in [0.5, 0.6) is 0 Å². The number of benzene rings is 2. The number of nitrogens with zero attached hydrogens (tertiary/aromatic N) is 3. The molecule has 0 radical (unpaired) electrons. The Morgan fingerprint density at radius 2 is 1.64 bits per heavy atom. The van der Waals surface area contributed by atoms with Crippen molar-refractivity contribution in [2.75, 3.05) is 31.1 Å². The van der Waals surface area contributed by atoms with Gasteiger partial charge in [-0.15, -0.1) is 11.3 Å². The van der Waals surface area contributed by atoms with E-state index in [9.17, 15) is 35.9 Å². The van der Waals surface area contributed by atoms with Crippen LogP contribution >= 0.6 is 11.3 Å². The van der Waals surface area contributed by atoms with Gasteiger partial charge in [-0.1, -0.05) is 30.3 Å². The van der Waals surface area contributed by atoms with Crippen LogP contribution in [-0.2, 0) is 28.5 Å². The van der Waals surface area contributed by atoms with Gasteiger partial charge in [0.05, 0.1) is 22.7 Å². The smallest absolute Gasteiger partial charge is 0.351 e. The van der Waals surface area contributed by atoms with Crippen LogP contribution in [0.25, 0.3) is 0 Å². The Balaban J connectivity index is 1.30. The van der Waals surface area contributed by atoms with E-state index in [0.29, 0.717) is 61.2 Å². The predicted molar refractivity (Wildman–Crippen MR) is 154 cm³/mol. The number of carbonyl (C=O) groups is 2. The minimum Gasteiger partial charge on any atom is -0.351 e. The van der Waals surface area contributed by atoms with E-state index in [0.717, 1.165) is 25.9 Å². The Morgan fingerprint density at radius 1 is 0.977 bits per heavy atom. The van der Waals surface area contributed by atoms with Crippen molar-refractivity contribution in [3.05, 3.63) is 81.9 Å². The molecule has 3 heterocycles. The number of alkyl halides is 6. The average molecular weight is 639 g/mol. The third-order valence-electron chi connectivity index (χ3n) is 8.19. The van der Waals surface area contributed by atoms with E-state index in [1.165, 1.54) is 16.9 Å². The lowest BCUT2D eigenvalue weighted by Gasteiger charge is -2.32. The number of aromatic nitrogens is 1. The van der Waals surface area contributed by atoms with E-state index in [4.69, 9.17) is 0 Å². The molecule has 3 aromatic rings. The van der Waals surface area contributed by atoms with Crippen molar-refractivity contribution in [1.29, 1.82) is 0 Å². The lowest BCUT2D eigenvalue weighted by Crippen LogP contribution is -2.36. The number of thiazole rings is 1. The third-order valence-corrected chi connectivity index (χ3v) is 9.08. The van der Waals surface area contributed by atoms with Gasteiger partial charge in [-0.2, -0.15) is 26.3 Å². The van der Waals surface area contributed by atoms with Crippen LogP contribution < -0.4 is 10.2 Å². The Hall–Kier alpha value is -3.45. The third kappa shape index (κ3) is 7.79. The lowest BCUT2D eigenvalue weighted by atomic mass is 9.89. The van der Waals surface area contributed by atoms with Gasteiger partial charge >= 0.3 is 12.4 Å². The van der Waals surface area contributed by atoms with E-state index in [1.54, 1.807) is 10.3 Å². The maximum absolute atomic E-state index is 13.5. The molecule has 44 heavy (non-hydrogen) atoms. The quantitative estimate of drug-likeness (QED) is 0.257. The summed E-state index contributed by atoms with van der Waals surface area (Å²) in [4.78, 5) is 34.1. The highest BCUT2D eigenvalue weighted by Gasteiger charge is 2.37. The van der Waals surface area contributed by atoms with Gasteiger partial charge in [0.2, 0.25) is 11.8 Å². The molecule has 0 bridgehead atoms. The molecule has 1 N–H and O–H groups in total. The first-order valence-corrected chi connectivity index (χ1v) is 15.4. The summed E-state index contributed by atoms with van der Waals surface area (Å²) in [5, 5.41) is 4.71. The van der Waals surface area contributed by atoms with Crippen molar-refractivity contribution in [3.63, 3.8) is 0 Å². The van der Waals surface area contributed by atoms with Gasteiger partial charge in [-0.05, 0) is 80.6 Å². The van der Waals surface area contributed by atoms with Gasteiger partial charge in [0.1, 0.15) is 0 Å². The molecule has 5 rings (SSSR count). The minimum atomic E-state index is -4.99. The first-order chi connectivity index (χ1) is 20.9. The Bertz CT molecular complexity index is 1420. The highest BCUT2D eigenvalue weighted by atomic mass is 32.1. The van der Waals surface area contributed by atoms with Crippen LogP contribution in [0.15, 0.2) is 53.9 Å². The van der Waals surface area contributed by atoms with Crippen molar-refractivity contribution in [2.45, 2.75) is 62.8 Å². The van der Waals surface area contributed by atoms with Crippen molar-refractivity contribution < 1.29 is 35.9 Å². The van der Waals surface area contributed by atoms with Gasteiger partial charge < -0.3 is 10.2 Å². The highest BCUT2D eigenvalue weighted by molar-refractivity contribution is 7.14. The summed E-state index contributed by atoms with van der Waals surface area (Å²) in [6.45, 7) is 2.20. The molecular formula is C31H32F6N4O2S. The number of amides is 2. The lowest BCUT2D eigenvalue weighted by molar-refractivity contribution is -0.143. The first kappa shape index (κ1) is 32.0. The second-order valence-electron chi connectivity index (χ2n) is 11.2. The summed E-state index contributed by atoms with van der Waals surface area (Å²) >= 11 is 1.23. The summed E-state index contributed by atoms with van der Waals surface area (Å²) in [7, 11) is 0. The van der Waals surface area contributed by atoms with Crippen LogP contribution in [0.1, 0.15) is 71.9 Å². The van der Waals surface area contributed by atoms with E-state index >= 15 is 0 Å². The Kier molecular flexibility index (Phi) is 9.64. The number of halogens is 6. The molecule has 1 unspecified atom stereocenters. The number of carbonyl (C=O) groups excluding carboxylic acids is 2. The fourth-order valence-electron chi connectivity index (χ4n) is 5.78. The van der Waals surface area contributed by atoms with Crippen LogP contribution in [0, 0.1) is 0 Å². The summed E-state index contributed by atoms with van der Waals surface area (Å²) in [5.74, 6) is -0.977. The monoisotopic (exact) mass is 638 g/mol. The zero-order valence-corrected chi connectivity index (χ0v) is 24.6. The molecule has 2 aromatic carbocycles. The van der Waals surface area contributed by atoms with Gasteiger partial charge in [0.15, 0.2) is 5.13 Å². The number of anilines is 1. The molecule has 0 aliphatic carbocycles. The zero-order valence-electron chi connectivity index (χ0n) is 23.8. The molecule has 2 fully saturated rings. The topological polar surface area (TPSA) is 65.5 Å². The van der Waals surface area contributed by atoms with Crippen LogP contribution in [0.4, 0.5) is 31.5 Å². The van der Waals surface area contributed by atoms with Crippen molar-refractivity contribution in [1.82, 2.24) is 15.2 Å². The zero-order chi connectivity index (χ0) is 31.5.